The minimum Gasteiger partial charge on any atom is -0.414 e. The number of urea groups is 1. The van der Waals surface area contributed by atoms with Crippen LogP contribution < -0.4 is 5.32 Å². The number of aliphatic hydroxyl groups is 1. The monoisotopic (exact) mass is 470 g/mol. The van der Waals surface area contributed by atoms with Gasteiger partial charge >= 0.3 is 6.03 Å². The second kappa shape index (κ2) is 7.18. The normalized spacial score (nSPS) is 32.2. The summed E-state index contributed by atoms with van der Waals surface area (Å²) in [5.74, 6) is -0.284. The highest BCUT2D eigenvalue weighted by atomic mass is 127. The van der Waals surface area contributed by atoms with Crippen LogP contribution in [0.2, 0.25) is 18.1 Å². The van der Waals surface area contributed by atoms with Gasteiger partial charge in [-0.25, -0.2) is 4.79 Å². The number of nitrogens with zero attached hydrogens (tertiary/aromatic N) is 1. The van der Waals surface area contributed by atoms with Crippen LogP contribution in [0.3, 0.4) is 0 Å². The highest BCUT2D eigenvalue weighted by Gasteiger charge is 2.44. The van der Waals surface area contributed by atoms with Crippen molar-refractivity contribution < 1.29 is 23.9 Å². The summed E-state index contributed by atoms with van der Waals surface area (Å²) in [5, 5.41) is 12.7. The van der Waals surface area contributed by atoms with Gasteiger partial charge in [-0.2, -0.15) is 0 Å². The van der Waals surface area contributed by atoms with E-state index < -0.39 is 32.8 Å². The molecule has 3 amide bonds. The van der Waals surface area contributed by atoms with Gasteiger partial charge in [0.15, 0.2) is 8.32 Å². The molecule has 2 aliphatic rings. The molecule has 2 rings (SSSR count). The first-order chi connectivity index (χ1) is 10.9. The molecule has 0 radical (unpaired) electrons. The lowest BCUT2D eigenvalue weighted by molar-refractivity contribution is -0.122. The maximum atomic E-state index is 12.0. The third kappa shape index (κ3) is 4.29. The maximum absolute atomic E-state index is 12.0. The fraction of sp³-hybridized carbons (Fsp3) is 0.867. The molecule has 2 fully saturated rings. The first kappa shape index (κ1) is 20.1. The number of aliphatic hydroxyl groups excluding tert-OH is 1. The Balaban J connectivity index is 1.95. The van der Waals surface area contributed by atoms with Crippen molar-refractivity contribution in [2.45, 2.75) is 67.7 Å². The molecule has 138 valence electrons. The third-order valence-electron chi connectivity index (χ3n) is 5.10. The van der Waals surface area contributed by atoms with E-state index in [1.165, 1.54) is 4.90 Å². The summed E-state index contributed by atoms with van der Waals surface area (Å²) >= 11 is 2.00. The van der Waals surface area contributed by atoms with Crippen molar-refractivity contribution in [2.75, 3.05) is 13.2 Å². The quantitative estimate of drug-likeness (QED) is 0.372. The molecule has 2 aliphatic heterocycles. The molecule has 7 nitrogen and oxygen atoms in total. The van der Waals surface area contributed by atoms with Crippen LogP contribution in [0.4, 0.5) is 4.79 Å². The lowest BCUT2D eigenvalue weighted by Crippen LogP contribution is -2.58. The molecule has 2 heterocycles. The zero-order valence-corrected chi connectivity index (χ0v) is 18.0. The van der Waals surface area contributed by atoms with E-state index in [1.807, 2.05) is 22.6 Å². The van der Waals surface area contributed by atoms with Crippen LogP contribution in [0.25, 0.3) is 0 Å². The Labute approximate surface area is 157 Å². The Morgan fingerprint density at radius 3 is 2.62 bits per heavy atom. The van der Waals surface area contributed by atoms with E-state index in [9.17, 15) is 14.7 Å². The van der Waals surface area contributed by atoms with Crippen molar-refractivity contribution in [3.63, 3.8) is 0 Å². The second-order valence-electron chi connectivity index (χ2n) is 7.92. The average molecular weight is 470 g/mol. The van der Waals surface area contributed by atoms with E-state index in [-0.39, 0.29) is 14.9 Å². The number of imide groups is 1. The van der Waals surface area contributed by atoms with E-state index in [2.05, 4.69) is 39.2 Å². The van der Waals surface area contributed by atoms with Crippen molar-refractivity contribution in [1.29, 1.82) is 0 Å². The third-order valence-corrected chi connectivity index (χ3v) is 10.6. The van der Waals surface area contributed by atoms with E-state index >= 15 is 0 Å². The molecule has 24 heavy (non-hydrogen) atoms. The van der Waals surface area contributed by atoms with Gasteiger partial charge < -0.3 is 14.3 Å². The van der Waals surface area contributed by atoms with Crippen molar-refractivity contribution >= 4 is 42.8 Å². The van der Waals surface area contributed by atoms with Gasteiger partial charge in [0.2, 0.25) is 5.91 Å². The molecular formula is C15H27IN2O5Si. The molecule has 2 saturated heterocycles. The van der Waals surface area contributed by atoms with Crippen molar-refractivity contribution in [2.24, 2.45) is 0 Å². The summed E-state index contributed by atoms with van der Waals surface area (Å²) in [4.78, 5) is 25.0. The predicted octanol–water partition coefficient (Wildman–Crippen LogP) is 1.84. The molecule has 0 aromatic heterocycles. The number of carbonyl (C=O) groups excluding carboxylic acids is 2. The van der Waals surface area contributed by atoms with E-state index in [4.69, 9.17) is 9.16 Å². The number of ether oxygens (including phenoxy) is 1. The van der Waals surface area contributed by atoms with Crippen molar-refractivity contribution in [1.82, 2.24) is 10.2 Å². The topological polar surface area (TPSA) is 88.1 Å². The van der Waals surface area contributed by atoms with Crippen LogP contribution in [0, 0.1) is 0 Å². The average Bonchev–Trinajstić information content (AvgIpc) is 2.80. The second-order valence-corrected chi connectivity index (χ2v) is 14.2. The van der Waals surface area contributed by atoms with Crippen molar-refractivity contribution in [3.05, 3.63) is 0 Å². The van der Waals surface area contributed by atoms with Crippen LogP contribution in [-0.4, -0.2) is 65.8 Å². The van der Waals surface area contributed by atoms with E-state index in [1.54, 1.807) is 0 Å². The molecule has 4 atom stereocenters. The fourth-order valence-corrected chi connectivity index (χ4v) is 4.00. The van der Waals surface area contributed by atoms with Crippen LogP contribution in [0.1, 0.15) is 27.2 Å². The van der Waals surface area contributed by atoms with Gasteiger partial charge in [-0.3, -0.25) is 15.0 Å². The van der Waals surface area contributed by atoms with Gasteiger partial charge in [-0.15, -0.1) is 0 Å². The Hall–Kier alpha value is -0.233. The van der Waals surface area contributed by atoms with Gasteiger partial charge in [0.1, 0.15) is 16.3 Å². The summed E-state index contributed by atoms with van der Waals surface area (Å²) in [5.41, 5.74) is 0. The molecule has 9 heteroatoms. The molecular weight excluding hydrogens is 443 g/mol. The molecule has 1 unspecified atom stereocenters. The number of nitrogens with one attached hydrogen (secondary N) is 1. The zero-order chi connectivity index (χ0) is 18.3. The van der Waals surface area contributed by atoms with Crippen LogP contribution in [0.5, 0.6) is 0 Å². The number of hydrogen-bond acceptors (Lipinski definition) is 5. The van der Waals surface area contributed by atoms with E-state index in [0.29, 0.717) is 19.6 Å². The molecule has 0 aromatic carbocycles. The largest absolute Gasteiger partial charge is 0.414 e. The van der Waals surface area contributed by atoms with Crippen LogP contribution in [0.15, 0.2) is 0 Å². The Morgan fingerprint density at radius 2 is 2.04 bits per heavy atom. The summed E-state index contributed by atoms with van der Waals surface area (Å²) < 4.78 is 11.7. The number of amides is 3. The summed E-state index contributed by atoms with van der Waals surface area (Å²) in [6, 6.07) is -0.462. The van der Waals surface area contributed by atoms with Gasteiger partial charge in [0.05, 0.1) is 12.7 Å². The molecule has 0 aliphatic carbocycles. The minimum absolute atomic E-state index is 0.0809. The number of hydrogen-bond donors (Lipinski definition) is 2. The molecule has 0 spiro atoms. The van der Waals surface area contributed by atoms with E-state index in [0.717, 1.165) is 0 Å². The van der Waals surface area contributed by atoms with Crippen LogP contribution in [-0.2, 0) is 14.0 Å². The van der Waals surface area contributed by atoms with Gasteiger partial charge in [-0.1, -0.05) is 43.4 Å². The maximum Gasteiger partial charge on any atom is 0.326 e. The lowest BCUT2D eigenvalue weighted by Gasteiger charge is -2.37. The fourth-order valence-electron chi connectivity index (χ4n) is 2.41. The standard InChI is InChI=1S/C15H27IN2O5Si/c1-15(2,3)24(4,5)22-8-11-10(19)6-12(23-11)18-7-9(16)13(20)17-14(18)21/h9-12,19H,6-8H2,1-5H3,(H,17,20,21)/t9?,10-,11+,12+/m0/s1. The van der Waals surface area contributed by atoms with Crippen LogP contribution >= 0.6 is 22.6 Å². The Kier molecular flexibility index (Phi) is 6.01. The lowest BCUT2D eigenvalue weighted by atomic mass is 10.2. The van der Waals surface area contributed by atoms with Crippen molar-refractivity contribution in [3.8, 4) is 0 Å². The summed E-state index contributed by atoms with van der Waals surface area (Å²) in [6.45, 7) is 11.4. The predicted molar refractivity (Wildman–Crippen MR) is 100 cm³/mol. The Bertz CT molecular complexity index is 511. The highest BCUT2D eigenvalue weighted by molar-refractivity contribution is 14.1. The Morgan fingerprint density at radius 1 is 1.42 bits per heavy atom. The number of alkyl halides is 1. The molecule has 0 aromatic rings. The van der Waals surface area contributed by atoms with Gasteiger partial charge in [0.25, 0.3) is 0 Å². The highest BCUT2D eigenvalue weighted by Crippen LogP contribution is 2.37. The molecule has 0 saturated carbocycles. The zero-order valence-electron chi connectivity index (χ0n) is 14.8. The number of rotatable bonds is 4. The van der Waals surface area contributed by atoms with Gasteiger partial charge in [0, 0.05) is 13.0 Å². The minimum atomic E-state index is -1.93. The number of carbonyl (C=O) groups is 2. The SMILES string of the molecule is CC(C)(C)[Si](C)(C)OC[C@H]1O[C@@H](N2CC(I)C(=O)NC2=O)C[C@@H]1O. The number of halogens is 1. The first-order valence-electron chi connectivity index (χ1n) is 8.15. The smallest absolute Gasteiger partial charge is 0.326 e. The summed E-state index contributed by atoms with van der Waals surface area (Å²) in [7, 11) is -1.93. The molecule has 2 N–H and O–H groups in total. The van der Waals surface area contributed by atoms with Gasteiger partial charge in [-0.05, 0) is 18.1 Å². The summed E-state index contributed by atoms with van der Waals surface area (Å²) in [6.07, 6.45) is -1.34. The first-order valence-corrected chi connectivity index (χ1v) is 12.3. The molecule has 0 bridgehead atoms.